The smallest absolute Gasteiger partial charge is 0.00155 e. The van der Waals surface area contributed by atoms with Gasteiger partial charge in [0.15, 0.2) is 0 Å². The lowest BCUT2D eigenvalue weighted by Gasteiger charge is -2.57. The molecule has 1 heteroatoms. The SMILES string of the molecule is CC1CN(CCC23CC4CC(CC(C4)C2)C3)CCC1(C)c1ccccc1. The molecule has 26 heavy (non-hydrogen) atoms. The van der Waals surface area contributed by atoms with E-state index in [1.807, 2.05) is 0 Å². The Hall–Kier alpha value is -0.820. The molecular weight excluding hydrogens is 314 g/mol. The maximum absolute atomic E-state index is 2.81. The maximum atomic E-state index is 2.81. The average Bonchev–Trinajstić information content (AvgIpc) is 2.62. The van der Waals surface area contributed by atoms with Gasteiger partial charge in [0.2, 0.25) is 0 Å². The first-order valence-electron chi connectivity index (χ1n) is 11.3. The van der Waals surface area contributed by atoms with Crippen LogP contribution in [0, 0.1) is 29.1 Å². The van der Waals surface area contributed by atoms with Crippen LogP contribution in [0.15, 0.2) is 30.3 Å². The van der Waals surface area contributed by atoms with Gasteiger partial charge < -0.3 is 4.90 Å². The molecule has 4 bridgehead atoms. The minimum atomic E-state index is 0.360. The molecule has 0 radical (unpaired) electrons. The second-order valence-corrected chi connectivity index (χ2v) is 10.9. The molecule has 0 spiro atoms. The maximum Gasteiger partial charge on any atom is 0.00155 e. The average molecular weight is 352 g/mol. The van der Waals surface area contributed by atoms with E-state index in [-0.39, 0.29) is 0 Å². The van der Waals surface area contributed by atoms with E-state index in [1.165, 1.54) is 32.5 Å². The first-order chi connectivity index (χ1) is 12.5. The standard InChI is InChI=1S/C25H37N/c1-19-18-26(10-8-24(19,2)23-6-4-3-5-7-23)11-9-25-15-20-12-21(16-25)14-22(13-20)17-25/h3-7,19-22H,8-18H2,1-2H3. The third-order valence-electron chi connectivity index (χ3n) is 9.12. The molecule has 1 nitrogen and oxygen atoms in total. The molecule has 2 unspecified atom stereocenters. The van der Waals surface area contributed by atoms with E-state index >= 15 is 0 Å². The summed E-state index contributed by atoms with van der Waals surface area (Å²) in [5, 5.41) is 0. The lowest BCUT2D eigenvalue weighted by molar-refractivity contribution is -0.0630. The third kappa shape index (κ3) is 2.95. The van der Waals surface area contributed by atoms with Gasteiger partial charge in [0.1, 0.15) is 0 Å². The van der Waals surface area contributed by atoms with Crippen LogP contribution in [0.1, 0.15) is 70.8 Å². The van der Waals surface area contributed by atoms with Crippen molar-refractivity contribution in [1.82, 2.24) is 4.90 Å². The van der Waals surface area contributed by atoms with Gasteiger partial charge in [0, 0.05) is 6.54 Å². The Morgan fingerprint density at radius 1 is 0.962 bits per heavy atom. The van der Waals surface area contributed by atoms with Crippen molar-refractivity contribution in [2.75, 3.05) is 19.6 Å². The van der Waals surface area contributed by atoms with E-state index in [0.717, 1.165) is 29.1 Å². The van der Waals surface area contributed by atoms with Gasteiger partial charge >= 0.3 is 0 Å². The predicted molar refractivity (Wildman–Crippen MR) is 109 cm³/mol. The van der Waals surface area contributed by atoms with Crippen molar-refractivity contribution in [1.29, 1.82) is 0 Å². The summed E-state index contributed by atoms with van der Waals surface area (Å²) in [6, 6.07) is 11.3. The molecular formula is C25H37N. The molecule has 1 aliphatic heterocycles. The van der Waals surface area contributed by atoms with E-state index in [4.69, 9.17) is 0 Å². The van der Waals surface area contributed by atoms with Crippen LogP contribution >= 0.6 is 0 Å². The fraction of sp³-hybridized carbons (Fsp3) is 0.760. The number of likely N-dealkylation sites (tertiary alicyclic amines) is 1. The van der Waals surface area contributed by atoms with Crippen molar-refractivity contribution >= 4 is 0 Å². The quantitative estimate of drug-likeness (QED) is 0.653. The Morgan fingerprint density at radius 2 is 1.58 bits per heavy atom. The van der Waals surface area contributed by atoms with E-state index in [1.54, 1.807) is 44.1 Å². The lowest BCUT2D eigenvalue weighted by Crippen LogP contribution is -2.50. The number of piperidine rings is 1. The van der Waals surface area contributed by atoms with Gasteiger partial charge in [-0.3, -0.25) is 0 Å². The monoisotopic (exact) mass is 351 g/mol. The Bertz CT molecular complexity index is 600. The highest BCUT2D eigenvalue weighted by Crippen LogP contribution is 2.61. The van der Waals surface area contributed by atoms with Crippen LogP contribution in [0.4, 0.5) is 0 Å². The zero-order chi connectivity index (χ0) is 17.8. The van der Waals surface area contributed by atoms with E-state index in [2.05, 4.69) is 49.1 Å². The first-order valence-corrected chi connectivity index (χ1v) is 11.3. The molecule has 1 aromatic carbocycles. The summed E-state index contributed by atoms with van der Waals surface area (Å²) >= 11 is 0. The van der Waals surface area contributed by atoms with Crippen LogP contribution in [0.2, 0.25) is 0 Å². The number of rotatable bonds is 4. The van der Waals surface area contributed by atoms with Crippen LogP contribution < -0.4 is 0 Å². The molecule has 0 aromatic heterocycles. The van der Waals surface area contributed by atoms with Crippen molar-refractivity contribution < 1.29 is 0 Å². The Morgan fingerprint density at radius 3 is 2.15 bits per heavy atom. The van der Waals surface area contributed by atoms with Gasteiger partial charge in [-0.15, -0.1) is 0 Å². The van der Waals surface area contributed by atoms with Crippen LogP contribution in [0.5, 0.6) is 0 Å². The van der Waals surface area contributed by atoms with Crippen LogP contribution in [-0.4, -0.2) is 24.5 Å². The highest BCUT2D eigenvalue weighted by Gasteiger charge is 2.50. The van der Waals surface area contributed by atoms with Crippen molar-refractivity contribution in [3.05, 3.63) is 35.9 Å². The molecule has 5 aliphatic rings. The van der Waals surface area contributed by atoms with Crippen molar-refractivity contribution in [3.8, 4) is 0 Å². The Labute approximate surface area is 160 Å². The molecule has 1 saturated heterocycles. The number of hydrogen-bond acceptors (Lipinski definition) is 1. The van der Waals surface area contributed by atoms with Crippen molar-refractivity contribution in [2.24, 2.45) is 29.1 Å². The van der Waals surface area contributed by atoms with Gasteiger partial charge in [0.05, 0.1) is 0 Å². The largest absolute Gasteiger partial charge is 0.303 e. The Kier molecular flexibility index (Phi) is 4.23. The molecule has 5 fully saturated rings. The zero-order valence-corrected chi connectivity index (χ0v) is 16.9. The van der Waals surface area contributed by atoms with E-state index < -0.39 is 0 Å². The highest BCUT2D eigenvalue weighted by molar-refractivity contribution is 5.26. The van der Waals surface area contributed by atoms with Crippen molar-refractivity contribution in [3.63, 3.8) is 0 Å². The zero-order valence-electron chi connectivity index (χ0n) is 16.9. The molecule has 142 valence electrons. The summed E-state index contributed by atoms with van der Waals surface area (Å²) in [7, 11) is 0. The van der Waals surface area contributed by atoms with Crippen molar-refractivity contribution in [2.45, 2.75) is 70.6 Å². The first kappa shape index (κ1) is 17.3. The summed E-state index contributed by atoms with van der Waals surface area (Å²) in [5.41, 5.74) is 2.66. The topological polar surface area (TPSA) is 3.24 Å². The molecule has 0 N–H and O–H groups in total. The summed E-state index contributed by atoms with van der Waals surface area (Å²) in [5.74, 6) is 4.05. The van der Waals surface area contributed by atoms with E-state index in [9.17, 15) is 0 Å². The van der Waals surface area contributed by atoms with Gasteiger partial charge in [-0.1, -0.05) is 44.2 Å². The summed E-state index contributed by atoms with van der Waals surface area (Å²) in [6.45, 7) is 8.94. The second-order valence-electron chi connectivity index (χ2n) is 10.9. The van der Waals surface area contributed by atoms with Gasteiger partial charge in [-0.25, -0.2) is 0 Å². The second kappa shape index (κ2) is 6.36. The molecule has 4 saturated carbocycles. The number of hydrogen-bond donors (Lipinski definition) is 0. The molecule has 0 amide bonds. The third-order valence-corrected chi connectivity index (χ3v) is 9.12. The molecule has 2 atom stereocenters. The minimum Gasteiger partial charge on any atom is -0.303 e. The lowest BCUT2D eigenvalue weighted by atomic mass is 9.49. The summed E-state index contributed by atoms with van der Waals surface area (Å²) < 4.78 is 0. The van der Waals surface area contributed by atoms with Gasteiger partial charge in [-0.05, 0) is 105 Å². The molecule has 6 rings (SSSR count). The fourth-order valence-electron chi connectivity index (χ4n) is 7.76. The van der Waals surface area contributed by atoms with Gasteiger partial charge in [-0.2, -0.15) is 0 Å². The van der Waals surface area contributed by atoms with E-state index in [0.29, 0.717) is 5.41 Å². The fourth-order valence-corrected chi connectivity index (χ4v) is 7.76. The van der Waals surface area contributed by atoms with Crippen LogP contribution in [0.3, 0.4) is 0 Å². The normalized spacial score (nSPS) is 45.2. The number of nitrogens with zero attached hydrogens (tertiary/aromatic N) is 1. The predicted octanol–water partition coefficient (Wildman–Crippen LogP) is 5.89. The highest BCUT2D eigenvalue weighted by atomic mass is 15.1. The molecule has 1 heterocycles. The van der Waals surface area contributed by atoms with Crippen LogP contribution in [0.25, 0.3) is 0 Å². The number of benzene rings is 1. The summed E-state index contributed by atoms with van der Waals surface area (Å²) in [4.78, 5) is 2.81. The van der Waals surface area contributed by atoms with Gasteiger partial charge in [0.25, 0.3) is 0 Å². The summed E-state index contributed by atoms with van der Waals surface area (Å²) in [6.07, 6.45) is 12.3. The van der Waals surface area contributed by atoms with Crippen LogP contribution in [-0.2, 0) is 5.41 Å². The minimum absolute atomic E-state index is 0.360. The Balaban J connectivity index is 1.21. The molecule has 4 aliphatic carbocycles. The molecule has 1 aromatic rings.